The number of hydrogen-bond acceptors (Lipinski definition) is 12. The number of aryl methyl sites for hydroxylation is 1. The predicted molar refractivity (Wildman–Crippen MR) is 213 cm³/mol. The third kappa shape index (κ3) is 10.9. The molecule has 1 amide bonds. The minimum Gasteiger partial charge on any atom is -0.458 e. The average molecular weight is 783 g/mol. The molecule has 14 nitrogen and oxygen atoms in total. The molecule has 3 unspecified atom stereocenters. The lowest BCUT2D eigenvalue weighted by atomic mass is 9.75. The van der Waals surface area contributed by atoms with Gasteiger partial charge in [0.05, 0.1) is 18.3 Å². The lowest BCUT2D eigenvalue weighted by Crippen LogP contribution is -2.57. The van der Waals surface area contributed by atoms with Crippen molar-refractivity contribution < 1.29 is 38.5 Å². The summed E-state index contributed by atoms with van der Waals surface area (Å²) in [6.07, 6.45) is 4.75. The fourth-order valence-corrected chi connectivity index (χ4v) is 8.82. The molecule has 56 heavy (non-hydrogen) atoms. The molecule has 3 aliphatic rings. The third-order valence-electron chi connectivity index (χ3n) is 11.9. The van der Waals surface area contributed by atoms with Gasteiger partial charge in [-0.1, -0.05) is 52.0 Å². The number of rotatable bonds is 8. The van der Waals surface area contributed by atoms with E-state index in [0.29, 0.717) is 56.9 Å². The van der Waals surface area contributed by atoms with E-state index in [2.05, 4.69) is 15.2 Å². The second kappa shape index (κ2) is 19.5. The Labute approximate surface area is 332 Å². The summed E-state index contributed by atoms with van der Waals surface area (Å²) in [7, 11) is 4.07. The molecule has 14 heteroatoms. The van der Waals surface area contributed by atoms with Crippen molar-refractivity contribution in [1.82, 2.24) is 24.8 Å². The Morgan fingerprint density at radius 3 is 2.23 bits per heavy atom. The van der Waals surface area contributed by atoms with Gasteiger partial charge in [-0.05, 0) is 91.4 Å². The number of carbonyl (C=O) groups is 4. The molecule has 0 aliphatic carbocycles. The number of hydrogen-bond donors (Lipinski definition) is 2. The number of amides is 1. The van der Waals surface area contributed by atoms with Crippen LogP contribution in [-0.4, -0.2) is 110 Å². The smallest absolute Gasteiger partial charge is 0.410 e. The van der Waals surface area contributed by atoms with E-state index in [1.165, 1.54) is 0 Å². The summed E-state index contributed by atoms with van der Waals surface area (Å²) in [6.45, 7) is 15.8. The first kappa shape index (κ1) is 44.8. The maximum absolute atomic E-state index is 13.9. The summed E-state index contributed by atoms with van der Waals surface area (Å²) < 4.78 is 19.0. The van der Waals surface area contributed by atoms with Gasteiger partial charge in [0, 0.05) is 54.6 Å². The number of nitrogens with zero attached hydrogens (tertiary/aromatic N) is 5. The summed E-state index contributed by atoms with van der Waals surface area (Å²) in [4.78, 5) is 57.6. The zero-order valence-electron chi connectivity index (χ0n) is 35.1. The molecule has 5 rings (SSSR count). The minimum absolute atomic E-state index is 0.0312. The van der Waals surface area contributed by atoms with E-state index < -0.39 is 47.9 Å². The van der Waals surface area contributed by atoms with E-state index in [1.54, 1.807) is 23.4 Å². The molecule has 3 N–H and O–H groups in total. The van der Waals surface area contributed by atoms with Crippen molar-refractivity contribution in [2.75, 3.05) is 26.4 Å². The van der Waals surface area contributed by atoms with Gasteiger partial charge in [0.15, 0.2) is 11.9 Å². The molecule has 3 aliphatic heterocycles. The number of ketones is 2. The van der Waals surface area contributed by atoms with Gasteiger partial charge in [0.1, 0.15) is 29.3 Å². The van der Waals surface area contributed by atoms with Crippen molar-refractivity contribution in [3.63, 3.8) is 0 Å². The number of carbonyl (C=O) groups excluding carboxylic acids is 4. The number of benzene rings is 1. The summed E-state index contributed by atoms with van der Waals surface area (Å²) in [6, 6.07) is 7.28. The van der Waals surface area contributed by atoms with Crippen LogP contribution in [0.4, 0.5) is 10.5 Å². The number of esters is 1. The van der Waals surface area contributed by atoms with Crippen LogP contribution in [0.2, 0.25) is 0 Å². The summed E-state index contributed by atoms with van der Waals surface area (Å²) >= 11 is 0. The number of nitrogens with two attached hydrogens (primary N) is 1. The Morgan fingerprint density at radius 2 is 1.61 bits per heavy atom. The van der Waals surface area contributed by atoms with E-state index in [9.17, 15) is 24.3 Å². The van der Waals surface area contributed by atoms with E-state index in [4.69, 9.17) is 19.9 Å². The van der Waals surface area contributed by atoms with E-state index in [-0.39, 0.29) is 35.4 Å². The zero-order valence-corrected chi connectivity index (χ0v) is 35.1. The van der Waals surface area contributed by atoms with Crippen LogP contribution in [0.25, 0.3) is 11.3 Å². The molecule has 0 spiro atoms. The molecule has 0 bridgehead atoms. The van der Waals surface area contributed by atoms with Crippen molar-refractivity contribution >= 4 is 29.3 Å². The Morgan fingerprint density at radius 1 is 0.946 bits per heavy atom. The summed E-state index contributed by atoms with van der Waals surface area (Å²) in [5.74, 6) is -2.78. The average Bonchev–Trinajstić information content (AvgIpc) is 3.71. The fraction of sp³-hybridized carbons (Fsp3) is 0.714. The quantitative estimate of drug-likeness (QED) is 0.144. The molecule has 0 radical (unpaired) electrons. The standard InChI is InChI=1S/C34H49N5O6.C8H17NO2/c1-8-28-34(7)31(23(5)29(40)21(3)16-20(2)17-22(4)30(41)24(6)32(42)44-28)39(33(43)45-34)15-10-9-14-38-19-27(36-37-38)25-12-11-13-26(35)18-25;1-6-4-7(9(2)3)5-8(10)11-6/h11-13,18-24,28,31H,8-10,14-17,35H2,1-7H3;6-8,10H,4-5H2,1-3H3/t20-,21+,22+,23-,24+,28+,31+,34+;/m0./s1. The first-order valence-electron chi connectivity index (χ1n) is 20.4. The first-order valence-corrected chi connectivity index (χ1v) is 20.4. The number of nitrogen functional groups attached to an aromatic ring is 1. The number of unbranched alkanes of at least 4 members (excludes halogenated alkanes) is 1. The van der Waals surface area contributed by atoms with Crippen LogP contribution in [0.1, 0.15) is 100 Å². The molecule has 1 aromatic carbocycles. The van der Waals surface area contributed by atoms with Gasteiger partial charge in [0.25, 0.3) is 0 Å². The Balaban J connectivity index is 0.000000544. The number of fused-ring (bicyclic) bond motifs is 1. The van der Waals surface area contributed by atoms with E-state index in [1.807, 2.05) is 86.1 Å². The molecule has 2 aromatic rings. The minimum atomic E-state index is -1.28. The largest absolute Gasteiger partial charge is 0.458 e. The van der Waals surface area contributed by atoms with Crippen LogP contribution in [0, 0.1) is 29.6 Å². The maximum Gasteiger partial charge on any atom is 0.410 e. The van der Waals surface area contributed by atoms with Gasteiger partial charge in [-0.15, -0.1) is 5.10 Å². The van der Waals surface area contributed by atoms with E-state index >= 15 is 0 Å². The monoisotopic (exact) mass is 782 g/mol. The Hall–Kier alpha value is -3.88. The van der Waals surface area contributed by atoms with Gasteiger partial charge in [-0.25, -0.2) is 4.79 Å². The Kier molecular flexibility index (Phi) is 15.6. The summed E-state index contributed by atoms with van der Waals surface area (Å²) in [5.41, 5.74) is 6.89. The molecule has 1 aromatic heterocycles. The van der Waals surface area contributed by atoms with Crippen LogP contribution in [0.5, 0.6) is 0 Å². The Bertz CT molecular complexity index is 1640. The molecule has 3 fully saturated rings. The number of aliphatic hydroxyl groups excluding tert-OH is 1. The molecular formula is C42H66N6O8. The number of Topliss-reactive ketones (excluding diaryl/α,β-unsaturated/α-hetero) is 2. The fourth-order valence-electron chi connectivity index (χ4n) is 8.82. The van der Waals surface area contributed by atoms with Crippen molar-refractivity contribution in [2.45, 2.75) is 143 Å². The topological polar surface area (TPSA) is 179 Å². The second-order valence-electron chi connectivity index (χ2n) is 16.9. The molecule has 3 saturated heterocycles. The second-order valence-corrected chi connectivity index (χ2v) is 16.9. The van der Waals surface area contributed by atoms with Crippen molar-refractivity contribution in [2.24, 2.45) is 29.6 Å². The zero-order chi connectivity index (χ0) is 41.5. The number of ether oxygens (including phenoxy) is 3. The summed E-state index contributed by atoms with van der Waals surface area (Å²) in [5, 5.41) is 17.8. The molecular weight excluding hydrogens is 716 g/mol. The third-order valence-corrected chi connectivity index (χ3v) is 11.9. The lowest BCUT2D eigenvalue weighted by Gasteiger charge is -2.40. The van der Waals surface area contributed by atoms with Crippen molar-refractivity contribution in [1.29, 1.82) is 0 Å². The lowest BCUT2D eigenvalue weighted by molar-refractivity contribution is -0.172. The number of cyclic esters (lactones) is 1. The van der Waals surface area contributed by atoms with Gasteiger partial charge < -0.3 is 34.9 Å². The number of aliphatic hydroxyl groups is 1. The highest BCUT2D eigenvalue weighted by atomic mass is 16.6. The highest BCUT2D eigenvalue weighted by Crippen LogP contribution is 2.41. The molecule has 11 atom stereocenters. The van der Waals surface area contributed by atoms with Gasteiger partial charge >= 0.3 is 12.1 Å². The van der Waals surface area contributed by atoms with Crippen molar-refractivity contribution in [3.05, 3.63) is 30.5 Å². The van der Waals surface area contributed by atoms with Gasteiger partial charge in [-0.2, -0.15) is 0 Å². The van der Waals surface area contributed by atoms with Gasteiger partial charge in [0.2, 0.25) is 0 Å². The van der Waals surface area contributed by atoms with Crippen LogP contribution in [-0.2, 0) is 35.1 Å². The predicted octanol–water partition coefficient (Wildman–Crippen LogP) is 5.76. The number of anilines is 1. The molecule has 0 saturated carbocycles. The van der Waals surface area contributed by atoms with Crippen LogP contribution < -0.4 is 5.73 Å². The normalized spacial score (nSPS) is 33.2. The van der Waals surface area contributed by atoms with Crippen molar-refractivity contribution in [3.8, 4) is 11.3 Å². The molecule has 4 heterocycles. The van der Waals surface area contributed by atoms with E-state index in [0.717, 1.165) is 24.1 Å². The first-order chi connectivity index (χ1) is 26.4. The highest BCUT2D eigenvalue weighted by Gasteiger charge is 2.59. The number of aromatic nitrogens is 3. The van der Waals surface area contributed by atoms with Gasteiger partial charge in [-0.3, -0.25) is 19.1 Å². The molecule has 312 valence electrons. The van der Waals surface area contributed by atoms with Crippen LogP contribution in [0.3, 0.4) is 0 Å². The van der Waals surface area contributed by atoms with Crippen LogP contribution >= 0.6 is 0 Å². The maximum atomic E-state index is 13.9. The highest BCUT2D eigenvalue weighted by molar-refractivity contribution is 5.99. The van der Waals surface area contributed by atoms with Crippen LogP contribution in [0.15, 0.2) is 30.5 Å². The SMILES string of the molecule is CC1CC(N(C)C)CC(O)O1.CC[C@H]1OC(=O)[C@H](C)C(=O)[C@H](C)C[C@@H](C)C[C@@H](C)C(=O)[C@H](C)[C@H]2N(CCCCn3cc(-c4cccc(N)c4)nn3)C(=O)O[C@]12C.